The molecule has 0 unspecified atom stereocenters. The van der Waals surface area contributed by atoms with Gasteiger partial charge in [0, 0.05) is 12.7 Å². The monoisotopic (exact) mass is 471 g/mol. The van der Waals surface area contributed by atoms with Crippen molar-refractivity contribution in [3.63, 3.8) is 0 Å². The van der Waals surface area contributed by atoms with Crippen LogP contribution in [-0.2, 0) is 16.6 Å². The van der Waals surface area contributed by atoms with Gasteiger partial charge in [-0.05, 0) is 37.3 Å². The van der Waals surface area contributed by atoms with Crippen LogP contribution in [0.4, 0.5) is 10.1 Å². The van der Waals surface area contributed by atoms with Crippen molar-refractivity contribution in [3.05, 3.63) is 71.3 Å². The number of halogens is 1. The quantitative estimate of drug-likeness (QED) is 0.383. The highest BCUT2D eigenvalue weighted by Gasteiger charge is 2.20. The van der Waals surface area contributed by atoms with E-state index in [1.54, 1.807) is 42.8 Å². The molecule has 0 saturated heterocycles. The summed E-state index contributed by atoms with van der Waals surface area (Å²) in [7, 11) is 2.99. The Balaban J connectivity index is 1.58. The molecule has 1 aromatic heterocycles. The van der Waals surface area contributed by atoms with Gasteiger partial charge in [-0.25, -0.2) is 9.18 Å². The molecule has 0 fully saturated rings. The fourth-order valence-electron chi connectivity index (χ4n) is 2.98. The van der Waals surface area contributed by atoms with E-state index in [-0.39, 0.29) is 17.2 Å². The van der Waals surface area contributed by atoms with E-state index in [1.807, 2.05) is 0 Å². The van der Waals surface area contributed by atoms with Crippen molar-refractivity contribution in [2.24, 2.45) is 7.05 Å². The van der Waals surface area contributed by atoms with Gasteiger partial charge in [-0.1, -0.05) is 30.0 Å². The Hall–Kier alpha value is -3.73. The Morgan fingerprint density at radius 2 is 1.91 bits per heavy atom. The Morgan fingerprint density at radius 1 is 1.15 bits per heavy atom. The number of amides is 2. The van der Waals surface area contributed by atoms with Crippen LogP contribution < -0.4 is 10.6 Å². The predicted octanol–water partition coefficient (Wildman–Crippen LogP) is 2.96. The molecule has 9 nitrogen and oxygen atoms in total. The molecule has 2 aromatic carbocycles. The van der Waals surface area contributed by atoms with Gasteiger partial charge in [-0.15, -0.1) is 10.2 Å². The van der Waals surface area contributed by atoms with Crippen molar-refractivity contribution in [1.29, 1.82) is 0 Å². The fourth-order valence-corrected chi connectivity index (χ4v) is 3.70. The van der Waals surface area contributed by atoms with Crippen molar-refractivity contribution in [3.8, 4) is 0 Å². The standard InChI is InChI=1S/C22H22FN5O4S/c1-13(24-20(30)16-9-4-5-10-17(16)23)19-26-27-22(28(19)2)33-12-18(29)25-15-8-6-7-14(11-15)21(31)32-3/h4-11,13H,12H2,1-3H3,(H,24,30)(H,25,29)/t13-/m1/s1. The van der Waals surface area contributed by atoms with Gasteiger partial charge in [0.25, 0.3) is 5.91 Å². The zero-order chi connectivity index (χ0) is 24.0. The number of hydrogen-bond donors (Lipinski definition) is 2. The minimum Gasteiger partial charge on any atom is -0.465 e. The first kappa shape index (κ1) is 23.9. The number of methoxy groups -OCH3 is 1. The summed E-state index contributed by atoms with van der Waals surface area (Å²) in [6.07, 6.45) is 0. The lowest BCUT2D eigenvalue weighted by atomic mass is 10.2. The van der Waals surface area contributed by atoms with Crippen molar-refractivity contribution >= 4 is 35.2 Å². The van der Waals surface area contributed by atoms with E-state index in [4.69, 9.17) is 0 Å². The van der Waals surface area contributed by atoms with Gasteiger partial charge >= 0.3 is 5.97 Å². The average Bonchev–Trinajstić information content (AvgIpc) is 3.17. The predicted molar refractivity (Wildman–Crippen MR) is 120 cm³/mol. The van der Waals surface area contributed by atoms with Crippen molar-refractivity contribution in [2.45, 2.75) is 18.1 Å². The number of aromatic nitrogens is 3. The van der Waals surface area contributed by atoms with E-state index in [1.165, 1.54) is 31.4 Å². The van der Waals surface area contributed by atoms with Gasteiger partial charge in [0.05, 0.1) is 30.0 Å². The lowest BCUT2D eigenvalue weighted by Gasteiger charge is -2.14. The van der Waals surface area contributed by atoms with E-state index in [9.17, 15) is 18.8 Å². The number of benzene rings is 2. The molecule has 11 heteroatoms. The second-order valence-corrected chi connectivity index (χ2v) is 7.93. The lowest BCUT2D eigenvalue weighted by molar-refractivity contribution is -0.113. The Kier molecular flexibility index (Phi) is 7.78. The minimum absolute atomic E-state index is 0.0460. The van der Waals surface area contributed by atoms with Gasteiger partial charge in [0.1, 0.15) is 5.82 Å². The smallest absolute Gasteiger partial charge is 0.337 e. The first-order chi connectivity index (χ1) is 15.8. The number of carbonyl (C=O) groups is 3. The number of rotatable bonds is 8. The number of nitrogens with zero attached hydrogens (tertiary/aromatic N) is 3. The summed E-state index contributed by atoms with van der Waals surface area (Å²) in [6, 6.07) is 11.6. The van der Waals surface area contributed by atoms with Crippen LogP contribution in [0, 0.1) is 5.82 Å². The molecule has 0 bridgehead atoms. The summed E-state index contributed by atoms with van der Waals surface area (Å²) in [6.45, 7) is 1.71. The van der Waals surface area contributed by atoms with Crippen LogP contribution in [0.25, 0.3) is 0 Å². The minimum atomic E-state index is -0.612. The summed E-state index contributed by atoms with van der Waals surface area (Å²) in [5.74, 6) is -1.47. The highest BCUT2D eigenvalue weighted by Crippen LogP contribution is 2.20. The van der Waals surface area contributed by atoms with E-state index < -0.39 is 23.7 Å². The largest absolute Gasteiger partial charge is 0.465 e. The average molecular weight is 472 g/mol. The van der Waals surface area contributed by atoms with E-state index >= 15 is 0 Å². The van der Waals surface area contributed by atoms with E-state index in [2.05, 4.69) is 25.6 Å². The first-order valence-electron chi connectivity index (χ1n) is 9.86. The van der Waals surface area contributed by atoms with Gasteiger partial charge in [0.15, 0.2) is 11.0 Å². The molecule has 33 heavy (non-hydrogen) atoms. The maximum Gasteiger partial charge on any atom is 0.337 e. The summed E-state index contributed by atoms with van der Waals surface area (Å²) in [5, 5.41) is 14.0. The molecule has 2 amide bonds. The third-order valence-electron chi connectivity index (χ3n) is 4.62. The molecule has 2 N–H and O–H groups in total. The van der Waals surface area contributed by atoms with E-state index in [0.29, 0.717) is 22.2 Å². The summed E-state index contributed by atoms with van der Waals surface area (Å²) in [4.78, 5) is 36.3. The van der Waals surface area contributed by atoms with Gasteiger partial charge < -0.3 is 19.9 Å². The normalized spacial score (nSPS) is 11.5. The number of hydrogen-bond acceptors (Lipinski definition) is 7. The molecular formula is C22H22FN5O4S. The van der Waals surface area contributed by atoms with Gasteiger partial charge in [0.2, 0.25) is 5.91 Å². The van der Waals surface area contributed by atoms with Crippen LogP contribution in [0.2, 0.25) is 0 Å². The molecular weight excluding hydrogens is 449 g/mol. The number of anilines is 1. The number of carbonyl (C=O) groups excluding carboxylic acids is 3. The van der Waals surface area contributed by atoms with Crippen LogP contribution in [0.15, 0.2) is 53.7 Å². The Morgan fingerprint density at radius 3 is 2.64 bits per heavy atom. The van der Waals surface area contributed by atoms with Crippen molar-refractivity contribution in [2.75, 3.05) is 18.2 Å². The van der Waals surface area contributed by atoms with Crippen LogP contribution in [0.5, 0.6) is 0 Å². The van der Waals surface area contributed by atoms with Gasteiger partial charge in [-0.3, -0.25) is 9.59 Å². The molecule has 0 aliphatic heterocycles. The molecule has 172 valence electrons. The van der Waals surface area contributed by atoms with Crippen LogP contribution in [-0.4, -0.2) is 45.4 Å². The zero-order valence-corrected chi connectivity index (χ0v) is 19.0. The van der Waals surface area contributed by atoms with Crippen molar-refractivity contribution in [1.82, 2.24) is 20.1 Å². The zero-order valence-electron chi connectivity index (χ0n) is 18.2. The fraction of sp³-hybridized carbons (Fsp3) is 0.227. The van der Waals surface area contributed by atoms with Gasteiger partial charge in [-0.2, -0.15) is 0 Å². The maximum atomic E-state index is 13.8. The molecule has 0 radical (unpaired) electrons. The summed E-state index contributed by atoms with van der Waals surface area (Å²) < 4.78 is 20.2. The van der Waals surface area contributed by atoms with Crippen molar-refractivity contribution < 1.29 is 23.5 Å². The van der Waals surface area contributed by atoms with Crippen LogP contribution in [0.3, 0.4) is 0 Å². The number of thioether (sulfide) groups is 1. The lowest BCUT2D eigenvalue weighted by Crippen LogP contribution is -2.29. The molecule has 0 saturated carbocycles. The highest BCUT2D eigenvalue weighted by molar-refractivity contribution is 7.99. The molecule has 0 spiro atoms. The molecule has 1 heterocycles. The topological polar surface area (TPSA) is 115 Å². The second kappa shape index (κ2) is 10.7. The molecule has 0 aliphatic carbocycles. The first-order valence-corrected chi connectivity index (χ1v) is 10.8. The van der Waals surface area contributed by atoms with Crippen LogP contribution in [0.1, 0.15) is 39.5 Å². The molecule has 0 aliphatic rings. The SMILES string of the molecule is COC(=O)c1cccc(NC(=O)CSc2nnc([C@@H](C)NC(=O)c3ccccc3F)n2C)c1. The number of ether oxygens (including phenoxy) is 1. The Labute approximate surface area is 193 Å². The van der Waals surface area contributed by atoms with E-state index in [0.717, 1.165) is 11.8 Å². The number of esters is 1. The third kappa shape index (κ3) is 5.95. The molecule has 3 rings (SSSR count). The highest BCUT2D eigenvalue weighted by atomic mass is 32.2. The Bertz CT molecular complexity index is 1180. The van der Waals surface area contributed by atoms with Crippen LogP contribution >= 0.6 is 11.8 Å². The molecule has 1 atom stereocenters. The third-order valence-corrected chi connectivity index (χ3v) is 5.64. The maximum absolute atomic E-state index is 13.8. The summed E-state index contributed by atoms with van der Waals surface area (Å²) >= 11 is 1.16. The summed E-state index contributed by atoms with van der Waals surface area (Å²) in [5.41, 5.74) is 0.730. The second-order valence-electron chi connectivity index (χ2n) is 6.98. The number of nitrogens with one attached hydrogen (secondary N) is 2. The molecule has 3 aromatic rings.